The molecule has 0 spiro atoms. The summed E-state index contributed by atoms with van der Waals surface area (Å²) in [7, 11) is 0. The number of nitrogens with one attached hydrogen (secondary N) is 1. The molecule has 0 bridgehead atoms. The van der Waals surface area contributed by atoms with Crippen LogP contribution in [0.2, 0.25) is 5.02 Å². The molecule has 4 heteroatoms. The lowest BCUT2D eigenvalue weighted by atomic mass is 10.0. The number of hydrogen-bond acceptors (Lipinski definition) is 3. The van der Waals surface area contributed by atoms with Crippen molar-refractivity contribution in [3.8, 4) is 11.5 Å². The fourth-order valence-corrected chi connectivity index (χ4v) is 2.86. The Morgan fingerprint density at radius 2 is 1.76 bits per heavy atom. The van der Waals surface area contributed by atoms with Gasteiger partial charge in [0.05, 0.1) is 6.04 Å². The third-order valence-electron chi connectivity index (χ3n) is 4.02. The highest BCUT2D eigenvalue weighted by Gasteiger charge is 2.32. The predicted molar refractivity (Wildman–Crippen MR) is 83.1 cm³/mol. The molecule has 2 aromatic rings. The first-order valence-electron chi connectivity index (χ1n) is 7.21. The molecule has 21 heavy (non-hydrogen) atoms. The maximum absolute atomic E-state index is 5.98. The monoisotopic (exact) mass is 301 g/mol. The SMILES string of the molecule is Clc1ccc(C(Nc2ccc3c(c2)OCO3)C2CC2)cc1. The molecule has 1 saturated carbocycles. The fourth-order valence-electron chi connectivity index (χ4n) is 2.74. The van der Waals surface area contributed by atoms with Gasteiger partial charge in [0.1, 0.15) is 0 Å². The molecule has 1 fully saturated rings. The van der Waals surface area contributed by atoms with E-state index in [1.165, 1.54) is 18.4 Å². The summed E-state index contributed by atoms with van der Waals surface area (Å²) in [6.45, 7) is 0.308. The molecule has 108 valence electrons. The van der Waals surface area contributed by atoms with Crippen LogP contribution in [0.4, 0.5) is 5.69 Å². The predicted octanol–water partition coefficient (Wildman–Crippen LogP) is 4.63. The van der Waals surface area contributed by atoms with Gasteiger partial charge in [-0.1, -0.05) is 23.7 Å². The summed E-state index contributed by atoms with van der Waals surface area (Å²) >= 11 is 5.98. The van der Waals surface area contributed by atoms with Crippen LogP contribution in [0, 0.1) is 5.92 Å². The van der Waals surface area contributed by atoms with E-state index in [1.54, 1.807) is 0 Å². The highest BCUT2D eigenvalue weighted by atomic mass is 35.5. The Labute approximate surface area is 128 Å². The van der Waals surface area contributed by atoms with E-state index in [-0.39, 0.29) is 0 Å². The topological polar surface area (TPSA) is 30.5 Å². The van der Waals surface area contributed by atoms with Crippen molar-refractivity contribution in [1.82, 2.24) is 0 Å². The quantitative estimate of drug-likeness (QED) is 0.893. The lowest BCUT2D eigenvalue weighted by Crippen LogP contribution is -2.12. The zero-order valence-electron chi connectivity index (χ0n) is 11.5. The van der Waals surface area contributed by atoms with Gasteiger partial charge in [0.25, 0.3) is 0 Å². The van der Waals surface area contributed by atoms with Crippen LogP contribution in [0.3, 0.4) is 0 Å². The molecule has 4 rings (SSSR count). The van der Waals surface area contributed by atoms with Gasteiger partial charge in [0, 0.05) is 16.8 Å². The van der Waals surface area contributed by atoms with Crippen molar-refractivity contribution in [3.63, 3.8) is 0 Å². The van der Waals surface area contributed by atoms with Crippen LogP contribution in [0.1, 0.15) is 24.4 Å². The second-order valence-corrected chi connectivity index (χ2v) is 6.02. The number of benzene rings is 2. The van der Waals surface area contributed by atoms with Crippen molar-refractivity contribution in [1.29, 1.82) is 0 Å². The molecule has 1 unspecified atom stereocenters. The maximum Gasteiger partial charge on any atom is 0.231 e. The third-order valence-corrected chi connectivity index (χ3v) is 4.27. The van der Waals surface area contributed by atoms with Crippen molar-refractivity contribution in [2.24, 2.45) is 5.92 Å². The summed E-state index contributed by atoms with van der Waals surface area (Å²) < 4.78 is 10.8. The highest BCUT2D eigenvalue weighted by molar-refractivity contribution is 6.30. The van der Waals surface area contributed by atoms with E-state index in [2.05, 4.69) is 17.4 Å². The molecule has 0 amide bonds. The van der Waals surface area contributed by atoms with E-state index in [1.807, 2.05) is 30.3 Å². The van der Waals surface area contributed by atoms with Gasteiger partial charge in [0.2, 0.25) is 6.79 Å². The lowest BCUT2D eigenvalue weighted by Gasteiger charge is -2.20. The summed E-state index contributed by atoms with van der Waals surface area (Å²) in [4.78, 5) is 0. The van der Waals surface area contributed by atoms with Crippen LogP contribution in [-0.4, -0.2) is 6.79 Å². The number of rotatable bonds is 4. The van der Waals surface area contributed by atoms with Crippen LogP contribution in [0.15, 0.2) is 42.5 Å². The van der Waals surface area contributed by atoms with Crippen molar-refractivity contribution < 1.29 is 9.47 Å². The Morgan fingerprint density at radius 3 is 2.52 bits per heavy atom. The van der Waals surface area contributed by atoms with Crippen LogP contribution in [0.25, 0.3) is 0 Å². The molecule has 1 aliphatic carbocycles. The maximum atomic E-state index is 5.98. The fraction of sp³-hybridized carbons (Fsp3) is 0.294. The molecule has 2 aromatic carbocycles. The second kappa shape index (κ2) is 5.15. The van der Waals surface area contributed by atoms with Gasteiger partial charge in [-0.05, 0) is 48.6 Å². The average Bonchev–Trinajstić information content (AvgIpc) is 3.23. The molecular weight excluding hydrogens is 286 g/mol. The largest absolute Gasteiger partial charge is 0.454 e. The highest BCUT2D eigenvalue weighted by Crippen LogP contribution is 2.44. The minimum absolute atomic E-state index is 0.308. The molecule has 1 atom stereocenters. The van der Waals surface area contributed by atoms with Crippen LogP contribution >= 0.6 is 11.6 Å². The van der Waals surface area contributed by atoms with E-state index in [0.29, 0.717) is 18.8 Å². The number of hydrogen-bond donors (Lipinski definition) is 1. The Kier molecular flexibility index (Phi) is 3.15. The second-order valence-electron chi connectivity index (χ2n) is 5.58. The van der Waals surface area contributed by atoms with Crippen LogP contribution in [-0.2, 0) is 0 Å². The summed E-state index contributed by atoms with van der Waals surface area (Å²) in [6.07, 6.45) is 2.54. The average molecular weight is 302 g/mol. The first-order chi connectivity index (χ1) is 10.3. The molecule has 0 aromatic heterocycles. The van der Waals surface area contributed by atoms with Gasteiger partial charge in [-0.25, -0.2) is 0 Å². The number of ether oxygens (including phenoxy) is 2. The van der Waals surface area contributed by atoms with E-state index in [4.69, 9.17) is 21.1 Å². The van der Waals surface area contributed by atoms with Gasteiger partial charge >= 0.3 is 0 Å². The summed E-state index contributed by atoms with van der Waals surface area (Å²) in [6, 6.07) is 14.4. The summed E-state index contributed by atoms with van der Waals surface area (Å²) in [5, 5.41) is 4.40. The van der Waals surface area contributed by atoms with Crippen molar-refractivity contribution in [2.45, 2.75) is 18.9 Å². The molecule has 1 heterocycles. The van der Waals surface area contributed by atoms with E-state index < -0.39 is 0 Å². The van der Waals surface area contributed by atoms with Crippen LogP contribution < -0.4 is 14.8 Å². The Bertz CT molecular complexity index is 652. The Hall–Kier alpha value is -1.87. The first-order valence-corrected chi connectivity index (χ1v) is 7.59. The molecule has 0 radical (unpaired) electrons. The standard InChI is InChI=1S/C17H16ClNO2/c18-13-5-3-12(4-6-13)17(11-1-2-11)19-14-7-8-15-16(9-14)21-10-20-15/h3-9,11,17,19H,1-2,10H2. The number of fused-ring (bicyclic) bond motifs is 1. The smallest absolute Gasteiger partial charge is 0.231 e. The molecule has 1 N–H and O–H groups in total. The minimum Gasteiger partial charge on any atom is -0.454 e. The Morgan fingerprint density at radius 1 is 1.00 bits per heavy atom. The first kappa shape index (κ1) is 12.8. The van der Waals surface area contributed by atoms with E-state index in [0.717, 1.165) is 22.2 Å². The minimum atomic E-state index is 0.308. The lowest BCUT2D eigenvalue weighted by molar-refractivity contribution is 0.174. The summed E-state index contributed by atoms with van der Waals surface area (Å²) in [5.41, 5.74) is 2.34. The molecule has 0 saturated heterocycles. The van der Waals surface area contributed by atoms with Gasteiger partial charge in [-0.2, -0.15) is 0 Å². The molecule has 3 nitrogen and oxygen atoms in total. The zero-order chi connectivity index (χ0) is 14.2. The van der Waals surface area contributed by atoms with E-state index >= 15 is 0 Å². The molecule has 2 aliphatic rings. The third kappa shape index (κ3) is 2.66. The zero-order valence-corrected chi connectivity index (χ0v) is 12.3. The summed E-state index contributed by atoms with van der Waals surface area (Å²) in [5.74, 6) is 2.32. The molecular formula is C17H16ClNO2. The van der Waals surface area contributed by atoms with Crippen LogP contribution in [0.5, 0.6) is 11.5 Å². The van der Waals surface area contributed by atoms with Crippen molar-refractivity contribution >= 4 is 17.3 Å². The number of halogens is 1. The van der Waals surface area contributed by atoms with Gasteiger partial charge in [-0.3, -0.25) is 0 Å². The van der Waals surface area contributed by atoms with Crippen molar-refractivity contribution in [3.05, 3.63) is 53.1 Å². The normalized spacial score (nSPS) is 17.6. The van der Waals surface area contributed by atoms with E-state index in [9.17, 15) is 0 Å². The van der Waals surface area contributed by atoms with Gasteiger partial charge < -0.3 is 14.8 Å². The molecule has 1 aliphatic heterocycles. The van der Waals surface area contributed by atoms with Gasteiger partial charge in [0.15, 0.2) is 11.5 Å². The van der Waals surface area contributed by atoms with Crippen molar-refractivity contribution in [2.75, 3.05) is 12.1 Å². The Balaban J connectivity index is 1.59. The van der Waals surface area contributed by atoms with Gasteiger partial charge in [-0.15, -0.1) is 0 Å². The number of anilines is 1.